The van der Waals surface area contributed by atoms with E-state index in [1.807, 2.05) is 30.3 Å². The highest BCUT2D eigenvalue weighted by Crippen LogP contribution is 2.41. The number of carbonyl (C=O) groups is 1. The molecule has 0 fully saturated rings. The lowest BCUT2D eigenvalue weighted by Gasteiger charge is -2.23. The van der Waals surface area contributed by atoms with Gasteiger partial charge in [0.25, 0.3) is 5.91 Å². The van der Waals surface area contributed by atoms with Crippen molar-refractivity contribution in [3.8, 4) is 39.5 Å². The van der Waals surface area contributed by atoms with Crippen molar-refractivity contribution < 1.29 is 36.2 Å². The number of rotatable bonds is 13. The Morgan fingerprint density at radius 1 is 0.698 bits per heavy atom. The summed E-state index contributed by atoms with van der Waals surface area (Å²) < 4.78 is 73.5. The number of anilines is 1. The molecule has 1 N–H and O–H groups in total. The molecule has 1 aromatic heterocycles. The number of carbonyl (C=O) groups excluding carboxylic acids is 1. The summed E-state index contributed by atoms with van der Waals surface area (Å²) in [6, 6.07) is 31.1. The topological polar surface area (TPSA) is 107 Å². The average molecular weight is 736 g/mol. The minimum atomic E-state index is -3.98. The summed E-state index contributed by atoms with van der Waals surface area (Å²) in [5, 5.41) is 2.62. The van der Waals surface area contributed by atoms with Crippen LogP contribution in [0.1, 0.15) is 21.5 Å². The van der Waals surface area contributed by atoms with Gasteiger partial charge in [0.05, 0.1) is 31.8 Å². The average Bonchev–Trinajstić information content (AvgIpc) is 3.18. The van der Waals surface area contributed by atoms with Gasteiger partial charge in [-0.2, -0.15) is 4.31 Å². The monoisotopic (exact) mass is 735 g/mol. The van der Waals surface area contributed by atoms with Crippen LogP contribution in [0.2, 0.25) is 0 Å². The third-order valence-electron chi connectivity index (χ3n) is 8.54. The molecule has 0 aliphatic rings. The third-order valence-corrected chi connectivity index (χ3v) is 10.3. The fraction of sp³-hybridized carbons (Fsp3) is 0.122. The maximum atomic E-state index is 14.2. The van der Waals surface area contributed by atoms with Crippen LogP contribution in [-0.4, -0.2) is 44.9 Å². The molecule has 1 amide bonds. The Balaban J connectivity index is 1.20. The molecule has 6 aromatic rings. The van der Waals surface area contributed by atoms with Crippen LogP contribution < -0.4 is 19.5 Å². The standard InChI is InChI=1S/C41H35F2N3O6S/c1-50-38-21-32(22-39(51-2)40(38)52-3)31-12-17-35(18-13-31)53(48,49)46(26-28-5-4-20-44-24-28)25-27-6-8-29(9-7-27)30-10-15-34(16-11-30)45-41(47)36-19-14-33(42)23-37(36)43/h4-24H,25-26H2,1-3H3,(H,45,47). The second-order valence-electron chi connectivity index (χ2n) is 11.9. The number of benzene rings is 5. The fourth-order valence-corrected chi connectivity index (χ4v) is 7.18. The molecule has 9 nitrogen and oxygen atoms in total. The summed E-state index contributed by atoms with van der Waals surface area (Å²) in [4.78, 5) is 16.8. The zero-order valence-electron chi connectivity index (χ0n) is 29.0. The number of hydrogen-bond donors (Lipinski definition) is 1. The van der Waals surface area contributed by atoms with E-state index < -0.39 is 27.6 Å². The Morgan fingerprint density at radius 3 is 1.85 bits per heavy atom. The minimum absolute atomic E-state index is 0.0943. The molecule has 0 bridgehead atoms. The normalized spacial score (nSPS) is 11.3. The van der Waals surface area contributed by atoms with Crippen LogP contribution in [0.3, 0.4) is 0 Å². The lowest BCUT2D eigenvalue weighted by molar-refractivity contribution is 0.102. The van der Waals surface area contributed by atoms with Crippen molar-refractivity contribution in [3.05, 3.63) is 156 Å². The molecule has 0 saturated heterocycles. The summed E-state index contributed by atoms with van der Waals surface area (Å²) in [7, 11) is 0.618. The molecule has 5 aromatic carbocycles. The second-order valence-corrected chi connectivity index (χ2v) is 13.9. The number of amides is 1. The molecule has 0 aliphatic heterocycles. The van der Waals surface area contributed by atoms with Crippen LogP contribution in [-0.2, 0) is 23.1 Å². The number of pyridine rings is 1. The van der Waals surface area contributed by atoms with Crippen molar-refractivity contribution in [3.63, 3.8) is 0 Å². The Morgan fingerprint density at radius 2 is 1.28 bits per heavy atom. The summed E-state index contributed by atoms with van der Waals surface area (Å²) in [6.07, 6.45) is 3.27. The van der Waals surface area contributed by atoms with Crippen molar-refractivity contribution in [2.24, 2.45) is 0 Å². The first-order valence-electron chi connectivity index (χ1n) is 16.3. The second kappa shape index (κ2) is 16.1. The zero-order chi connectivity index (χ0) is 37.5. The Bertz CT molecular complexity index is 2300. The third kappa shape index (κ3) is 8.35. The molecule has 53 heavy (non-hydrogen) atoms. The highest BCUT2D eigenvalue weighted by Gasteiger charge is 2.26. The predicted octanol–water partition coefficient (Wildman–Crippen LogP) is 8.36. The van der Waals surface area contributed by atoms with E-state index in [0.717, 1.165) is 45.5 Å². The maximum Gasteiger partial charge on any atom is 0.258 e. The molecule has 0 radical (unpaired) electrons. The quantitative estimate of drug-likeness (QED) is 0.127. The van der Waals surface area contributed by atoms with E-state index in [-0.39, 0.29) is 23.5 Å². The van der Waals surface area contributed by atoms with Gasteiger partial charge < -0.3 is 19.5 Å². The van der Waals surface area contributed by atoms with Gasteiger partial charge in [0, 0.05) is 37.2 Å². The minimum Gasteiger partial charge on any atom is -0.493 e. The summed E-state index contributed by atoms with van der Waals surface area (Å²) in [6.45, 7) is 0.193. The van der Waals surface area contributed by atoms with Crippen LogP contribution in [0.15, 0.2) is 133 Å². The van der Waals surface area contributed by atoms with E-state index >= 15 is 0 Å². The molecule has 12 heteroatoms. The molecule has 0 aliphatic carbocycles. The van der Waals surface area contributed by atoms with E-state index in [4.69, 9.17) is 14.2 Å². The van der Waals surface area contributed by atoms with Gasteiger partial charge in [-0.3, -0.25) is 9.78 Å². The number of ether oxygens (including phenoxy) is 3. The molecule has 1 heterocycles. The zero-order valence-corrected chi connectivity index (χ0v) is 29.9. The lowest BCUT2D eigenvalue weighted by atomic mass is 10.0. The van der Waals surface area contributed by atoms with Gasteiger partial charge in [-0.25, -0.2) is 17.2 Å². The van der Waals surface area contributed by atoms with Crippen molar-refractivity contribution in [2.75, 3.05) is 26.6 Å². The molecule has 0 atom stereocenters. The van der Waals surface area contributed by atoms with E-state index in [9.17, 15) is 22.0 Å². The van der Waals surface area contributed by atoms with E-state index in [2.05, 4.69) is 10.3 Å². The first-order valence-corrected chi connectivity index (χ1v) is 17.8. The first-order chi connectivity index (χ1) is 25.6. The van der Waals surface area contributed by atoms with Crippen molar-refractivity contribution in [1.29, 1.82) is 0 Å². The predicted molar refractivity (Wildman–Crippen MR) is 198 cm³/mol. The highest BCUT2D eigenvalue weighted by atomic mass is 32.2. The molecule has 0 spiro atoms. The van der Waals surface area contributed by atoms with Gasteiger partial charge in [-0.1, -0.05) is 54.6 Å². The van der Waals surface area contributed by atoms with Crippen molar-refractivity contribution in [2.45, 2.75) is 18.0 Å². The van der Waals surface area contributed by atoms with Gasteiger partial charge in [0.15, 0.2) is 11.5 Å². The number of sulfonamides is 1. The van der Waals surface area contributed by atoms with Crippen LogP contribution in [0.4, 0.5) is 14.5 Å². The molecular weight excluding hydrogens is 701 g/mol. The summed E-state index contributed by atoms with van der Waals surface area (Å²) >= 11 is 0. The van der Waals surface area contributed by atoms with Crippen LogP contribution in [0.25, 0.3) is 22.3 Å². The van der Waals surface area contributed by atoms with Gasteiger partial charge >= 0.3 is 0 Å². The number of aromatic nitrogens is 1. The summed E-state index contributed by atoms with van der Waals surface area (Å²) in [5.41, 5.74) is 4.89. The SMILES string of the molecule is COc1cc(-c2ccc(S(=O)(=O)N(Cc3ccc(-c4ccc(NC(=O)c5ccc(F)cc5F)cc4)cc3)Cc3cccnc3)cc2)cc(OC)c1OC. The highest BCUT2D eigenvalue weighted by molar-refractivity contribution is 7.89. The molecule has 270 valence electrons. The number of hydrogen-bond acceptors (Lipinski definition) is 7. The Hall–Kier alpha value is -6.11. The molecule has 0 unspecified atom stereocenters. The summed E-state index contributed by atoms with van der Waals surface area (Å²) in [5.74, 6) is -0.991. The van der Waals surface area contributed by atoms with Gasteiger partial charge in [0.2, 0.25) is 15.8 Å². The number of nitrogens with one attached hydrogen (secondary N) is 1. The van der Waals surface area contributed by atoms with Crippen molar-refractivity contribution in [1.82, 2.24) is 9.29 Å². The Labute approximate surface area is 306 Å². The van der Waals surface area contributed by atoms with Gasteiger partial charge in [-0.05, 0) is 88.0 Å². The first kappa shape index (κ1) is 36.7. The van der Waals surface area contributed by atoms with E-state index in [1.165, 1.54) is 25.6 Å². The number of methoxy groups -OCH3 is 3. The molecular formula is C41H35F2N3O6S. The molecule has 6 rings (SSSR count). The van der Waals surface area contributed by atoms with Crippen molar-refractivity contribution >= 4 is 21.6 Å². The largest absolute Gasteiger partial charge is 0.493 e. The number of halogens is 2. The van der Waals surface area contributed by atoms with E-state index in [1.54, 1.807) is 79.1 Å². The van der Waals surface area contributed by atoms with Gasteiger partial charge in [0.1, 0.15) is 11.6 Å². The Kier molecular flexibility index (Phi) is 11.1. The molecule has 0 saturated carbocycles. The van der Waals surface area contributed by atoms with Crippen LogP contribution in [0.5, 0.6) is 17.2 Å². The van der Waals surface area contributed by atoms with Crippen LogP contribution in [0, 0.1) is 11.6 Å². The smallest absolute Gasteiger partial charge is 0.258 e. The maximum absolute atomic E-state index is 14.2. The lowest BCUT2D eigenvalue weighted by Crippen LogP contribution is -2.30. The van der Waals surface area contributed by atoms with E-state index in [0.29, 0.717) is 29.0 Å². The number of nitrogens with zero attached hydrogens (tertiary/aromatic N) is 2. The fourth-order valence-electron chi connectivity index (χ4n) is 5.76. The van der Waals surface area contributed by atoms with Crippen LogP contribution >= 0.6 is 0 Å². The van der Waals surface area contributed by atoms with Gasteiger partial charge in [-0.15, -0.1) is 0 Å².